The number of carbonyl (C=O) groups excluding carboxylic acids is 5. The van der Waals surface area contributed by atoms with Crippen molar-refractivity contribution in [3.05, 3.63) is 47.6 Å². The van der Waals surface area contributed by atoms with Gasteiger partial charge in [0.1, 0.15) is 30.1 Å². The van der Waals surface area contributed by atoms with Gasteiger partial charge in [0.15, 0.2) is 5.78 Å². The number of rotatable bonds is 9. The smallest absolute Gasteiger partial charge is 0.329 e. The molecule has 2 unspecified atom stereocenters. The van der Waals surface area contributed by atoms with E-state index in [-0.39, 0.29) is 68.2 Å². The summed E-state index contributed by atoms with van der Waals surface area (Å²) >= 11 is 0. The summed E-state index contributed by atoms with van der Waals surface area (Å²) in [5, 5.41) is 32.7. The molecule has 0 radical (unpaired) electrons. The number of ketones is 3. The fourth-order valence-corrected chi connectivity index (χ4v) is 10.2. The Hall–Kier alpha value is -3.41. The molecule has 3 aliphatic heterocycles. The van der Waals surface area contributed by atoms with E-state index >= 15 is 0 Å². The molecule has 4 rings (SSSR count). The van der Waals surface area contributed by atoms with Gasteiger partial charge in [0.2, 0.25) is 5.79 Å². The third kappa shape index (κ3) is 15.5. The topological polar surface area (TPSA) is 205 Å². The van der Waals surface area contributed by atoms with E-state index < -0.39 is 77.8 Å². The van der Waals surface area contributed by atoms with Gasteiger partial charge in [0.05, 0.1) is 37.6 Å². The highest BCUT2D eigenvalue weighted by Gasteiger charge is 2.53. The minimum atomic E-state index is -2.43. The number of Topliss-reactive ketones (excluding diaryl/α,β-unsaturated/α-hetero) is 3. The Labute approximate surface area is 398 Å². The zero-order valence-corrected chi connectivity index (χ0v) is 41.6. The molecule has 1 amide bonds. The van der Waals surface area contributed by atoms with Crippen LogP contribution < -0.4 is 0 Å². The average Bonchev–Trinajstić information content (AvgIpc) is 3.31. The number of amides is 1. The predicted molar refractivity (Wildman–Crippen MR) is 251 cm³/mol. The molecule has 2 bridgehead atoms. The molecule has 0 spiro atoms. The molecule has 3 N–H and O–H groups in total. The molecule has 1 saturated carbocycles. The molecule has 1 aliphatic carbocycles. The molecule has 2 saturated heterocycles. The predicted octanol–water partition coefficient (Wildman–Crippen LogP) is 5.95. The third-order valence-electron chi connectivity index (χ3n) is 14.5. The van der Waals surface area contributed by atoms with Crippen LogP contribution in [0.5, 0.6) is 0 Å². The quantitative estimate of drug-likeness (QED) is 0.139. The summed E-state index contributed by atoms with van der Waals surface area (Å²) in [5.41, 5.74) is 1.27. The van der Waals surface area contributed by atoms with E-state index in [1.165, 1.54) is 12.0 Å². The van der Waals surface area contributed by atoms with E-state index in [0.29, 0.717) is 69.8 Å². The molecule has 14 atom stereocenters. The van der Waals surface area contributed by atoms with Gasteiger partial charge in [-0.2, -0.15) is 0 Å². The number of allylic oxidation sites excluding steroid dienone is 6. The second-order valence-corrected chi connectivity index (χ2v) is 19.6. The van der Waals surface area contributed by atoms with E-state index in [2.05, 4.69) is 0 Å². The van der Waals surface area contributed by atoms with Gasteiger partial charge in [0, 0.05) is 58.5 Å². The van der Waals surface area contributed by atoms with E-state index in [1.54, 1.807) is 41.1 Å². The fourth-order valence-electron chi connectivity index (χ4n) is 10.2. The number of ether oxygens (including phenoxy) is 6. The summed E-state index contributed by atoms with van der Waals surface area (Å²) < 4.78 is 35.3. The summed E-state index contributed by atoms with van der Waals surface area (Å²) in [7, 11) is 4.58. The van der Waals surface area contributed by atoms with Crippen molar-refractivity contribution in [3.63, 3.8) is 0 Å². The van der Waals surface area contributed by atoms with Crippen molar-refractivity contribution >= 4 is 29.2 Å². The highest BCUT2D eigenvalue weighted by Crippen LogP contribution is 2.37. The number of fused-ring (bicyclic) bond motifs is 3. The summed E-state index contributed by atoms with van der Waals surface area (Å²) in [4.78, 5) is 71.7. The number of cyclic esters (lactones) is 1. The zero-order valence-electron chi connectivity index (χ0n) is 41.6. The van der Waals surface area contributed by atoms with Crippen molar-refractivity contribution in [2.24, 2.45) is 29.6 Å². The second-order valence-electron chi connectivity index (χ2n) is 19.6. The maximum atomic E-state index is 14.3. The van der Waals surface area contributed by atoms with Crippen LogP contribution in [-0.2, 0) is 52.4 Å². The minimum Gasteiger partial charge on any atom is -0.460 e. The average molecular weight is 944 g/mol. The van der Waals surface area contributed by atoms with E-state index in [1.807, 2.05) is 51.2 Å². The zero-order chi connectivity index (χ0) is 49.4. The van der Waals surface area contributed by atoms with E-state index in [4.69, 9.17) is 28.4 Å². The largest absolute Gasteiger partial charge is 0.460 e. The van der Waals surface area contributed by atoms with Gasteiger partial charge in [-0.1, -0.05) is 64.2 Å². The number of aliphatic hydroxyl groups is 3. The first kappa shape index (κ1) is 56.2. The Morgan fingerprint density at radius 3 is 2.25 bits per heavy atom. The Morgan fingerprint density at radius 2 is 1.57 bits per heavy atom. The van der Waals surface area contributed by atoms with Crippen LogP contribution >= 0.6 is 0 Å². The number of nitrogens with zero attached hydrogens (tertiary/aromatic N) is 1. The van der Waals surface area contributed by atoms with Gasteiger partial charge in [-0.15, -0.1) is 0 Å². The lowest BCUT2D eigenvalue weighted by Gasteiger charge is -2.42. The van der Waals surface area contributed by atoms with Crippen molar-refractivity contribution in [2.75, 3.05) is 41.1 Å². The molecule has 0 aromatic carbocycles. The van der Waals surface area contributed by atoms with Crippen LogP contribution in [0.4, 0.5) is 0 Å². The van der Waals surface area contributed by atoms with Gasteiger partial charge < -0.3 is 48.6 Å². The summed E-state index contributed by atoms with van der Waals surface area (Å²) in [5.74, 6) is -7.56. The highest BCUT2D eigenvalue weighted by molar-refractivity contribution is 6.39. The second kappa shape index (κ2) is 27.1. The molecule has 0 aromatic rings. The van der Waals surface area contributed by atoms with E-state index in [9.17, 15) is 39.3 Å². The fraction of sp³-hybridized carbons (Fsp3) is 0.750. The lowest BCUT2D eigenvalue weighted by molar-refractivity contribution is -0.265. The molecule has 4 aliphatic rings. The molecular formula is C52H81NO14. The lowest BCUT2D eigenvalue weighted by Crippen LogP contribution is -2.60. The summed E-state index contributed by atoms with van der Waals surface area (Å²) in [6, 6.07) is -1.13. The number of carbonyl (C=O) groups is 5. The molecule has 3 heterocycles. The molecule has 67 heavy (non-hydrogen) atoms. The van der Waals surface area contributed by atoms with Crippen molar-refractivity contribution < 1.29 is 67.7 Å². The SMILES string of the molecule is COC1C(=O)C(C)C[C@H](C)/C=C/C=C/C=C(\C)[C@@H](OC)C[C@@H]2CC[C@@H](C)[C@@](O)(O2)C(=O)C(=O)N2CCCC[C@H]2C(=O)O[C@H](CC[C@@H]2CC[C@@H](OCCO)[C@H](OC)C2)CC(=O)[C@H](C)/C=C(\C)[C@H]1O. The minimum absolute atomic E-state index is 0.0182. The van der Waals surface area contributed by atoms with Gasteiger partial charge in [-0.25, -0.2) is 4.79 Å². The lowest BCUT2D eigenvalue weighted by atomic mass is 9.81. The van der Waals surface area contributed by atoms with Crippen molar-refractivity contribution in [2.45, 2.75) is 180 Å². The molecule has 15 heteroatoms. The Bertz CT molecular complexity index is 1770. The van der Waals surface area contributed by atoms with Crippen molar-refractivity contribution in [1.82, 2.24) is 4.90 Å². The maximum Gasteiger partial charge on any atom is 0.329 e. The number of piperidine rings is 1. The van der Waals surface area contributed by atoms with Gasteiger partial charge in [0.25, 0.3) is 11.7 Å². The number of hydrogen-bond acceptors (Lipinski definition) is 14. The first-order valence-corrected chi connectivity index (χ1v) is 24.6. The Morgan fingerprint density at radius 1 is 0.821 bits per heavy atom. The monoisotopic (exact) mass is 944 g/mol. The summed E-state index contributed by atoms with van der Waals surface area (Å²) in [6.07, 6.45) is 12.4. The number of aliphatic hydroxyl groups excluding tert-OH is 2. The highest BCUT2D eigenvalue weighted by atomic mass is 16.6. The van der Waals surface area contributed by atoms with Crippen LogP contribution in [0.3, 0.4) is 0 Å². The normalized spacial score (nSPS) is 39.1. The molecule has 3 fully saturated rings. The van der Waals surface area contributed by atoms with Crippen molar-refractivity contribution in [3.8, 4) is 0 Å². The van der Waals surface area contributed by atoms with Gasteiger partial charge >= 0.3 is 5.97 Å². The molecule has 378 valence electrons. The number of methoxy groups -OCH3 is 3. The van der Waals surface area contributed by atoms with Crippen LogP contribution in [0.25, 0.3) is 0 Å². The first-order chi connectivity index (χ1) is 31.9. The van der Waals surface area contributed by atoms with Crippen LogP contribution in [0.15, 0.2) is 47.6 Å². The molecule has 0 aromatic heterocycles. The summed E-state index contributed by atoms with van der Waals surface area (Å²) in [6.45, 7) is 10.9. The third-order valence-corrected chi connectivity index (χ3v) is 14.5. The standard InChI is InChI=1S/C52H81NO14/c1-32-15-11-10-12-16-33(2)44(62-7)31-40-21-18-37(6)52(61,67-40)49(58)50(59)53-24-14-13-17-41(53)51(60)66-39(22-19-38-20-23-43(65-26-25-54)45(29-38)63-8)30-42(55)34(3)28-36(5)47(57)48(64-9)46(56)35(4)27-32/h10-12,15-16,28,32,34-35,37-41,43-45,47-48,54,57,61H,13-14,17-27,29-31H2,1-9H3/b12-10+,15-11+,33-16+,36-28+/t32-,34-,35?,37-,38-,39-,40+,41+,43-,44+,45-,47-,48?,52-/m1/s1. The molecular weight excluding hydrogens is 863 g/mol. The molecule has 15 nitrogen and oxygen atoms in total. The van der Waals surface area contributed by atoms with Crippen LogP contribution in [0.2, 0.25) is 0 Å². The number of esters is 1. The maximum absolute atomic E-state index is 14.3. The van der Waals surface area contributed by atoms with Gasteiger partial charge in [-0.3, -0.25) is 19.2 Å². The first-order valence-electron chi connectivity index (χ1n) is 24.6. The van der Waals surface area contributed by atoms with Crippen molar-refractivity contribution in [1.29, 1.82) is 0 Å². The van der Waals surface area contributed by atoms with E-state index in [0.717, 1.165) is 12.0 Å². The Kier molecular flexibility index (Phi) is 22.7. The van der Waals surface area contributed by atoms with Gasteiger partial charge in [-0.05, 0) is 107 Å². The van der Waals surface area contributed by atoms with Crippen LogP contribution in [0.1, 0.15) is 125 Å². The van der Waals surface area contributed by atoms with Crippen LogP contribution in [0, 0.1) is 29.6 Å². The van der Waals surface area contributed by atoms with Crippen LogP contribution in [-0.4, -0.2) is 145 Å². The Balaban J connectivity index is 1.67. The number of hydrogen-bond donors (Lipinski definition) is 3.